The lowest BCUT2D eigenvalue weighted by atomic mass is 10.1. The van der Waals surface area contributed by atoms with Crippen LogP contribution in [-0.2, 0) is 6.54 Å². The zero-order valence-electron chi connectivity index (χ0n) is 14.0. The van der Waals surface area contributed by atoms with E-state index in [9.17, 15) is 9.59 Å². The number of carboxylic acids is 1. The lowest BCUT2D eigenvalue weighted by Gasteiger charge is -2.20. The van der Waals surface area contributed by atoms with Crippen LogP contribution in [0.15, 0.2) is 48.5 Å². The van der Waals surface area contributed by atoms with Gasteiger partial charge in [-0.1, -0.05) is 24.3 Å². The summed E-state index contributed by atoms with van der Waals surface area (Å²) in [6.07, 6.45) is -0.0205. The molecule has 0 radical (unpaired) electrons. The predicted molar refractivity (Wildman–Crippen MR) is 91.4 cm³/mol. The fourth-order valence-electron chi connectivity index (χ4n) is 2.30. The molecule has 0 spiro atoms. The van der Waals surface area contributed by atoms with Crippen molar-refractivity contribution in [2.24, 2.45) is 0 Å². The Morgan fingerprint density at radius 1 is 1.08 bits per heavy atom. The molecule has 1 amide bonds. The number of carbonyl (C=O) groups excluding carboxylic acids is 1. The zero-order chi connectivity index (χ0) is 17.7. The maximum atomic E-state index is 12.7. The van der Waals surface area contributed by atoms with Crippen LogP contribution in [0.3, 0.4) is 0 Å². The first-order valence-electron chi connectivity index (χ1n) is 7.72. The van der Waals surface area contributed by atoms with Crippen LogP contribution in [0.25, 0.3) is 0 Å². The first-order valence-corrected chi connectivity index (χ1v) is 7.72. The molecule has 5 nitrogen and oxygen atoms in total. The molecule has 0 saturated heterocycles. The molecule has 2 aromatic carbocycles. The third kappa shape index (κ3) is 4.35. The number of ether oxygens (including phenoxy) is 1. The van der Waals surface area contributed by atoms with Crippen LogP contribution in [-0.4, -0.2) is 35.0 Å². The van der Waals surface area contributed by atoms with Crippen LogP contribution < -0.4 is 4.74 Å². The normalized spacial score (nSPS) is 10.5. The van der Waals surface area contributed by atoms with Crippen LogP contribution >= 0.6 is 0 Å². The smallest absolute Gasteiger partial charge is 0.335 e. The lowest BCUT2D eigenvalue weighted by Crippen LogP contribution is -2.27. The summed E-state index contributed by atoms with van der Waals surface area (Å²) in [6, 6.07) is 13.6. The summed E-state index contributed by atoms with van der Waals surface area (Å²) >= 11 is 0. The minimum absolute atomic E-state index is 0.0205. The van der Waals surface area contributed by atoms with Crippen molar-refractivity contribution in [2.45, 2.75) is 26.5 Å². The number of carboxylic acid groups (broad SMARTS) is 1. The van der Waals surface area contributed by atoms with Crippen LogP contribution in [0.5, 0.6) is 5.75 Å². The number of aromatic carboxylic acids is 1. The molecule has 0 aliphatic heterocycles. The summed E-state index contributed by atoms with van der Waals surface area (Å²) in [6.45, 7) is 4.21. The van der Waals surface area contributed by atoms with E-state index in [1.807, 2.05) is 19.9 Å². The highest BCUT2D eigenvalue weighted by Crippen LogP contribution is 2.21. The van der Waals surface area contributed by atoms with Gasteiger partial charge in [0.1, 0.15) is 5.75 Å². The molecular weight excluding hydrogens is 306 g/mol. The largest absolute Gasteiger partial charge is 0.490 e. The molecule has 5 heteroatoms. The van der Waals surface area contributed by atoms with Gasteiger partial charge in [0.05, 0.1) is 17.2 Å². The van der Waals surface area contributed by atoms with Crippen LogP contribution in [0.2, 0.25) is 0 Å². The fourth-order valence-corrected chi connectivity index (χ4v) is 2.30. The molecule has 1 N–H and O–H groups in total. The Kier molecular flexibility index (Phi) is 5.58. The molecule has 2 aromatic rings. The quantitative estimate of drug-likeness (QED) is 0.882. The molecule has 0 unspecified atom stereocenters. The molecule has 0 aromatic heterocycles. The minimum atomic E-state index is -0.967. The van der Waals surface area contributed by atoms with Crippen molar-refractivity contribution < 1.29 is 19.4 Å². The van der Waals surface area contributed by atoms with Gasteiger partial charge in [-0.15, -0.1) is 0 Å². The summed E-state index contributed by atoms with van der Waals surface area (Å²) in [5, 5.41) is 8.92. The summed E-state index contributed by atoms with van der Waals surface area (Å²) in [5.41, 5.74) is 1.59. The van der Waals surface area contributed by atoms with Crippen LogP contribution in [0, 0.1) is 0 Å². The van der Waals surface area contributed by atoms with Gasteiger partial charge in [-0.2, -0.15) is 0 Å². The first-order chi connectivity index (χ1) is 11.4. The van der Waals surface area contributed by atoms with E-state index in [4.69, 9.17) is 9.84 Å². The Morgan fingerprint density at radius 2 is 1.71 bits per heavy atom. The molecule has 126 valence electrons. The molecule has 2 rings (SSSR count). The molecule has 0 bridgehead atoms. The highest BCUT2D eigenvalue weighted by Gasteiger charge is 2.17. The van der Waals surface area contributed by atoms with Crippen molar-refractivity contribution in [2.75, 3.05) is 7.05 Å². The van der Waals surface area contributed by atoms with Gasteiger partial charge < -0.3 is 14.7 Å². The van der Waals surface area contributed by atoms with E-state index < -0.39 is 5.97 Å². The second kappa shape index (κ2) is 7.64. The number of carbonyl (C=O) groups is 2. The highest BCUT2D eigenvalue weighted by atomic mass is 16.5. The van der Waals surface area contributed by atoms with Crippen molar-refractivity contribution in [3.63, 3.8) is 0 Å². The van der Waals surface area contributed by atoms with Crippen LogP contribution in [0.1, 0.15) is 40.1 Å². The molecule has 0 heterocycles. The number of nitrogens with zero attached hydrogens (tertiary/aromatic N) is 1. The fraction of sp³-hybridized carbons (Fsp3) is 0.263. The monoisotopic (exact) mass is 327 g/mol. The molecule has 0 fully saturated rings. The van der Waals surface area contributed by atoms with Crippen molar-refractivity contribution in [1.82, 2.24) is 4.90 Å². The zero-order valence-corrected chi connectivity index (χ0v) is 14.0. The molecule has 24 heavy (non-hydrogen) atoms. The van der Waals surface area contributed by atoms with Gasteiger partial charge in [0.2, 0.25) is 0 Å². The number of benzene rings is 2. The van der Waals surface area contributed by atoms with E-state index in [0.29, 0.717) is 17.9 Å². The van der Waals surface area contributed by atoms with E-state index in [2.05, 4.69) is 0 Å². The maximum absolute atomic E-state index is 12.7. The Bertz CT molecular complexity index is 722. The van der Waals surface area contributed by atoms with Gasteiger partial charge in [-0.3, -0.25) is 4.79 Å². The topological polar surface area (TPSA) is 66.8 Å². The number of hydrogen-bond acceptors (Lipinski definition) is 3. The third-order valence-electron chi connectivity index (χ3n) is 3.45. The SMILES string of the molecule is CC(C)Oc1ccccc1C(=O)N(C)Cc1ccc(C(=O)O)cc1. The van der Waals surface area contributed by atoms with Gasteiger partial charge in [-0.05, 0) is 43.7 Å². The van der Waals surface area contributed by atoms with Gasteiger partial charge in [0, 0.05) is 13.6 Å². The Labute approximate surface area is 141 Å². The Hall–Kier alpha value is -2.82. The molecule has 0 aliphatic rings. The second-order valence-electron chi connectivity index (χ2n) is 5.83. The second-order valence-corrected chi connectivity index (χ2v) is 5.83. The molecular formula is C19H21NO4. The van der Waals surface area contributed by atoms with E-state index in [-0.39, 0.29) is 17.6 Å². The standard InChI is InChI=1S/C19H21NO4/c1-13(2)24-17-7-5-4-6-16(17)18(21)20(3)12-14-8-10-15(11-9-14)19(22)23/h4-11,13H,12H2,1-3H3,(H,22,23). The first kappa shape index (κ1) is 17.5. The highest BCUT2D eigenvalue weighted by molar-refractivity contribution is 5.96. The number of hydrogen-bond donors (Lipinski definition) is 1. The summed E-state index contributed by atoms with van der Waals surface area (Å²) in [7, 11) is 1.71. The van der Waals surface area contributed by atoms with Gasteiger partial charge in [-0.25, -0.2) is 4.79 Å². The van der Waals surface area contributed by atoms with E-state index in [0.717, 1.165) is 5.56 Å². The van der Waals surface area contributed by atoms with E-state index >= 15 is 0 Å². The number of para-hydroxylation sites is 1. The number of amides is 1. The number of rotatable bonds is 6. The summed E-state index contributed by atoms with van der Waals surface area (Å²) < 4.78 is 5.70. The summed E-state index contributed by atoms with van der Waals surface area (Å²) in [4.78, 5) is 25.1. The lowest BCUT2D eigenvalue weighted by molar-refractivity contribution is 0.0695. The molecule has 0 atom stereocenters. The van der Waals surface area contributed by atoms with Gasteiger partial charge in [0.25, 0.3) is 5.91 Å². The van der Waals surface area contributed by atoms with Gasteiger partial charge >= 0.3 is 5.97 Å². The average Bonchev–Trinajstić information content (AvgIpc) is 2.54. The Balaban J connectivity index is 2.13. The molecule has 0 aliphatic carbocycles. The predicted octanol–water partition coefficient (Wildman–Crippen LogP) is 3.44. The summed E-state index contributed by atoms with van der Waals surface area (Å²) in [5.74, 6) is -0.551. The average molecular weight is 327 g/mol. The van der Waals surface area contributed by atoms with E-state index in [1.165, 1.54) is 12.1 Å². The van der Waals surface area contributed by atoms with Crippen molar-refractivity contribution in [3.05, 3.63) is 65.2 Å². The third-order valence-corrected chi connectivity index (χ3v) is 3.45. The van der Waals surface area contributed by atoms with Crippen molar-refractivity contribution in [1.29, 1.82) is 0 Å². The van der Waals surface area contributed by atoms with Gasteiger partial charge in [0.15, 0.2) is 0 Å². The minimum Gasteiger partial charge on any atom is -0.490 e. The molecule has 0 saturated carbocycles. The van der Waals surface area contributed by atoms with Crippen molar-refractivity contribution >= 4 is 11.9 Å². The van der Waals surface area contributed by atoms with Crippen molar-refractivity contribution in [3.8, 4) is 5.75 Å². The van der Waals surface area contributed by atoms with Crippen LogP contribution in [0.4, 0.5) is 0 Å². The van der Waals surface area contributed by atoms with E-state index in [1.54, 1.807) is 42.3 Å². The Morgan fingerprint density at radius 3 is 2.29 bits per heavy atom. The maximum Gasteiger partial charge on any atom is 0.335 e.